The molecule has 6 nitrogen and oxygen atoms in total. The molecule has 0 radical (unpaired) electrons. The maximum atomic E-state index is 12.8. The lowest BCUT2D eigenvalue weighted by molar-refractivity contribution is -0.137. The van der Waals surface area contributed by atoms with Crippen LogP contribution in [0, 0.1) is 0 Å². The van der Waals surface area contributed by atoms with Crippen molar-refractivity contribution in [3.63, 3.8) is 0 Å². The normalized spacial score (nSPS) is 12.0. The molecule has 0 aliphatic heterocycles. The van der Waals surface area contributed by atoms with Gasteiger partial charge in [-0.1, -0.05) is 18.2 Å². The first-order valence-electron chi connectivity index (χ1n) is 7.40. The molecule has 4 aromatic rings. The van der Waals surface area contributed by atoms with E-state index >= 15 is 0 Å². The predicted octanol–water partition coefficient (Wildman–Crippen LogP) is 3.66. The molecule has 26 heavy (non-hydrogen) atoms. The van der Waals surface area contributed by atoms with Gasteiger partial charge in [0.05, 0.1) is 11.1 Å². The summed E-state index contributed by atoms with van der Waals surface area (Å²) in [4.78, 5) is 11.2. The summed E-state index contributed by atoms with van der Waals surface area (Å²) in [5, 5.41) is 21.6. The van der Waals surface area contributed by atoms with Gasteiger partial charge in [-0.3, -0.25) is 0 Å². The number of benzene rings is 2. The van der Waals surface area contributed by atoms with E-state index in [1.807, 2.05) is 0 Å². The van der Waals surface area contributed by atoms with Gasteiger partial charge in [-0.2, -0.15) is 17.7 Å². The number of tetrazole rings is 1. The van der Waals surface area contributed by atoms with Gasteiger partial charge in [0.25, 0.3) is 0 Å². The summed E-state index contributed by atoms with van der Waals surface area (Å²) < 4.78 is 39.7. The van der Waals surface area contributed by atoms with Crippen LogP contribution in [-0.2, 0) is 6.18 Å². The number of fused-ring (bicyclic) bond motifs is 3. The summed E-state index contributed by atoms with van der Waals surface area (Å²) in [6.45, 7) is 0. The van der Waals surface area contributed by atoms with E-state index in [4.69, 9.17) is 0 Å². The van der Waals surface area contributed by atoms with E-state index in [9.17, 15) is 23.1 Å². The van der Waals surface area contributed by atoms with Gasteiger partial charge in [-0.15, -0.1) is 5.10 Å². The number of carboxylic acid groups (broad SMARTS) is 1. The summed E-state index contributed by atoms with van der Waals surface area (Å²) in [7, 11) is 0. The molecule has 4 rings (SSSR count). The van der Waals surface area contributed by atoms with Crippen LogP contribution in [0.2, 0.25) is 0 Å². The average Bonchev–Trinajstić information content (AvgIpc) is 3.08. The maximum absolute atomic E-state index is 12.8. The van der Waals surface area contributed by atoms with Crippen LogP contribution in [0.1, 0.15) is 15.9 Å². The van der Waals surface area contributed by atoms with E-state index in [1.54, 1.807) is 12.3 Å². The number of pyridine rings is 1. The minimum Gasteiger partial charge on any atom is -0.478 e. The number of carbonyl (C=O) groups is 1. The number of carboxylic acids is 1. The third-order valence-electron chi connectivity index (χ3n) is 4.07. The van der Waals surface area contributed by atoms with Crippen LogP contribution in [0.25, 0.3) is 27.5 Å². The van der Waals surface area contributed by atoms with Crippen LogP contribution in [0.4, 0.5) is 13.2 Å². The Labute approximate surface area is 143 Å². The molecule has 2 aromatic carbocycles. The van der Waals surface area contributed by atoms with Crippen molar-refractivity contribution in [1.82, 2.24) is 20.0 Å². The molecule has 0 aliphatic rings. The molecule has 0 amide bonds. The first kappa shape index (κ1) is 16.0. The van der Waals surface area contributed by atoms with Crippen LogP contribution >= 0.6 is 0 Å². The quantitative estimate of drug-likeness (QED) is 0.591. The van der Waals surface area contributed by atoms with E-state index in [0.717, 1.165) is 12.1 Å². The van der Waals surface area contributed by atoms with E-state index in [0.29, 0.717) is 27.5 Å². The fraction of sp³-hybridized carbons (Fsp3) is 0.0588. The number of rotatable bonds is 2. The molecule has 0 unspecified atom stereocenters. The second kappa shape index (κ2) is 5.51. The molecule has 0 saturated heterocycles. The van der Waals surface area contributed by atoms with Crippen molar-refractivity contribution in [1.29, 1.82) is 0 Å². The molecule has 0 aliphatic carbocycles. The fourth-order valence-corrected chi connectivity index (χ4v) is 2.82. The standard InChI is InChI=1S/C17H9F3N4O2/c18-17(19,20)11-4-1-9(2-5-11)14-8-24-15(21-22-23-24)13-7-10(16(25)26)3-6-12(13)14/h1-8H,(H,25,26). The maximum Gasteiger partial charge on any atom is 0.416 e. The Hall–Kier alpha value is -3.49. The van der Waals surface area contributed by atoms with Crippen molar-refractivity contribution in [3.8, 4) is 11.1 Å². The molecule has 1 N–H and O–H groups in total. The van der Waals surface area contributed by atoms with Crippen molar-refractivity contribution in [2.75, 3.05) is 0 Å². The van der Waals surface area contributed by atoms with Crippen LogP contribution in [0.15, 0.2) is 48.7 Å². The third kappa shape index (κ3) is 2.53. The minimum atomic E-state index is -4.42. The summed E-state index contributed by atoms with van der Waals surface area (Å²) in [6.07, 6.45) is -2.82. The zero-order chi connectivity index (χ0) is 18.5. The summed E-state index contributed by atoms with van der Waals surface area (Å²) in [5.74, 6) is -1.10. The smallest absolute Gasteiger partial charge is 0.416 e. The minimum absolute atomic E-state index is 0.0620. The Kier molecular flexibility index (Phi) is 3.39. The first-order valence-corrected chi connectivity index (χ1v) is 7.40. The van der Waals surface area contributed by atoms with Gasteiger partial charge in [0.1, 0.15) is 0 Å². The van der Waals surface area contributed by atoms with E-state index in [-0.39, 0.29) is 5.56 Å². The predicted molar refractivity (Wildman–Crippen MR) is 85.7 cm³/mol. The van der Waals surface area contributed by atoms with E-state index in [2.05, 4.69) is 15.5 Å². The molecule has 2 aromatic heterocycles. The summed E-state index contributed by atoms with van der Waals surface area (Å²) in [6, 6.07) is 9.18. The van der Waals surface area contributed by atoms with Gasteiger partial charge >= 0.3 is 12.1 Å². The monoisotopic (exact) mass is 358 g/mol. The molecule has 2 heterocycles. The summed E-state index contributed by atoms with van der Waals surface area (Å²) in [5.41, 5.74) is 0.793. The Morgan fingerprint density at radius 3 is 2.42 bits per heavy atom. The number of hydrogen-bond acceptors (Lipinski definition) is 4. The highest BCUT2D eigenvalue weighted by molar-refractivity contribution is 6.06. The second-order valence-corrected chi connectivity index (χ2v) is 5.63. The van der Waals surface area contributed by atoms with Gasteiger partial charge in [0.2, 0.25) is 0 Å². The van der Waals surface area contributed by atoms with Crippen molar-refractivity contribution in [2.45, 2.75) is 6.18 Å². The molecule has 0 bridgehead atoms. The van der Waals surface area contributed by atoms with E-state index in [1.165, 1.54) is 28.8 Å². The third-order valence-corrected chi connectivity index (χ3v) is 4.07. The zero-order valence-electron chi connectivity index (χ0n) is 12.9. The zero-order valence-corrected chi connectivity index (χ0v) is 12.9. The summed E-state index contributed by atoms with van der Waals surface area (Å²) >= 11 is 0. The van der Waals surface area contributed by atoms with Gasteiger partial charge in [0.15, 0.2) is 5.65 Å². The molecule has 130 valence electrons. The lowest BCUT2D eigenvalue weighted by Gasteiger charge is -2.11. The van der Waals surface area contributed by atoms with Crippen molar-refractivity contribution < 1.29 is 23.1 Å². The van der Waals surface area contributed by atoms with Crippen LogP contribution < -0.4 is 0 Å². The van der Waals surface area contributed by atoms with Gasteiger partial charge < -0.3 is 5.11 Å². The van der Waals surface area contributed by atoms with Crippen LogP contribution in [-0.4, -0.2) is 31.1 Å². The highest BCUT2D eigenvalue weighted by Crippen LogP contribution is 2.34. The Morgan fingerprint density at radius 1 is 1.04 bits per heavy atom. The Balaban J connectivity index is 1.98. The van der Waals surface area contributed by atoms with Crippen molar-refractivity contribution in [3.05, 3.63) is 59.8 Å². The molecule has 0 fully saturated rings. The lowest BCUT2D eigenvalue weighted by atomic mass is 9.98. The van der Waals surface area contributed by atoms with Crippen LogP contribution in [0.5, 0.6) is 0 Å². The highest BCUT2D eigenvalue weighted by Gasteiger charge is 2.30. The number of hydrogen-bond donors (Lipinski definition) is 1. The number of aromatic carboxylic acids is 1. The Bertz CT molecular complexity index is 1150. The largest absolute Gasteiger partial charge is 0.478 e. The molecular formula is C17H9F3N4O2. The fourth-order valence-electron chi connectivity index (χ4n) is 2.82. The molecule has 0 spiro atoms. The lowest BCUT2D eigenvalue weighted by Crippen LogP contribution is -2.04. The van der Waals surface area contributed by atoms with Crippen molar-refractivity contribution >= 4 is 22.4 Å². The van der Waals surface area contributed by atoms with E-state index < -0.39 is 17.7 Å². The molecule has 0 atom stereocenters. The number of halogens is 3. The highest BCUT2D eigenvalue weighted by atomic mass is 19.4. The topological polar surface area (TPSA) is 80.4 Å². The SMILES string of the molecule is O=C(O)c1ccc2c(-c3ccc(C(F)(F)F)cc3)cn3nnnc3c2c1. The number of alkyl halides is 3. The van der Waals surface area contributed by atoms with Crippen LogP contribution in [0.3, 0.4) is 0 Å². The number of aromatic nitrogens is 4. The molecular weight excluding hydrogens is 349 g/mol. The molecule has 9 heteroatoms. The second-order valence-electron chi connectivity index (χ2n) is 5.63. The number of nitrogens with zero attached hydrogens (tertiary/aromatic N) is 4. The average molecular weight is 358 g/mol. The van der Waals surface area contributed by atoms with Gasteiger partial charge in [-0.25, -0.2) is 4.79 Å². The first-order chi connectivity index (χ1) is 12.3. The van der Waals surface area contributed by atoms with Gasteiger partial charge in [-0.05, 0) is 45.6 Å². The Morgan fingerprint density at radius 2 is 1.77 bits per heavy atom. The van der Waals surface area contributed by atoms with Crippen molar-refractivity contribution in [2.24, 2.45) is 0 Å². The molecule has 0 saturated carbocycles. The van der Waals surface area contributed by atoms with Gasteiger partial charge in [0, 0.05) is 17.1 Å².